The van der Waals surface area contributed by atoms with Crippen LogP contribution in [0.3, 0.4) is 0 Å². The molecule has 0 heterocycles. The first-order valence-electron chi connectivity index (χ1n) is 3.25. The summed E-state index contributed by atoms with van der Waals surface area (Å²) in [7, 11) is 0. The third kappa shape index (κ3) is 9.11. The van der Waals surface area contributed by atoms with Crippen LogP contribution in [-0.2, 0) is 0 Å². The van der Waals surface area contributed by atoms with Crippen molar-refractivity contribution in [3.05, 3.63) is 0 Å². The van der Waals surface area contributed by atoms with Gasteiger partial charge in [-0.15, -0.1) is 0 Å². The second kappa shape index (κ2) is 7.22. The van der Waals surface area contributed by atoms with E-state index in [0.717, 1.165) is 12.8 Å². The average Bonchev–Trinajstić information content (AvgIpc) is 1.80. The summed E-state index contributed by atoms with van der Waals surface area (Å²) in [6.45, 7) is 0. The molecule has 0 saturated carbocycles. The Labute approximate surface area is 75.3 Å². The Bertz CT molecular complexity index is 57.0. The van der Waals surface area contributed by atoms with E-state index in [2.05, 4.69) is 16.3 Å². The van der Waals surface area contributed by atoms with Crippen LogP contribution in [0.25, 0.3) is 0 Å². The molecule has 9 heavy (non-hydrogen) atoms. The van der Waals surface area contributed by atoms with Crippen LogP contribution in [0.4, 0.5) is 0 Å². The molecule has 1 radical (unpaired) electrons. The first-order chi connectivity index (χ1) is 4.27. The summed E-state index contributed by atoms with van der Waals surface area (Å²) in [4.78, 5) is -0.158. The second-order valence-corrected chi connectivity index (χ2v) is 3.88. The van der Waals surface area contributed by atoms with Gasteiger partial charge in [0.25, 0.3) is 0 Å². The molecule has 0 bridgehead atoms. The fourth-order valence-electron chi connectivity index (χ4n) is 0.620. The molecule has 0 aliphatic rings. The SMILES string of the molecule is [Al+][CH2]CCCCC(Cl)Cl. The van der Waals surface area contributed by atoms with Crippen molar-refractivity contribution < 1.29 is 0 Å². The summed E-state index contributed by atoms with van der Waals surface area (Å²) in [6, 6.07) is 0. The Hall–Kier alpha value is 1.11. The summed E-state index contributed by atoms with van der Waals surface area (Å²) >= 11 is 13.7. The first-order valence-corrected chi connectivity index (χ1v) is 4.94. The Morgan fingerprint density at radius 1 is 1.11 bits per heavy atom. The molecule has 0 rings (SSSR count). The van der Waals surface area contributed by atoms with Crippen molar-refractivity contribution in [2.24, 2.45) is 0 Å². The molecule has 3 heteroatoms. The molecule has 0 unspecified atom stereocenters. The van der Waals surface area contributed by atoms with E-state index in [9.17, 15) is 0 Å². The predicted molar refractivity (Wildman–Crippen MR) is 44.5 cm³/mol. The van der Waals surface area contributed by atoms with Crippen LogP contribution in [0, 0.1) is 0 Å². The first kappa shape index (κ1) is 10.1. The van der Waals surface area contributed by atoms with Gasteiger partial charge >= 0.3 is 75.3 Å². The van der Waals surface area contributed by atoms with E-state index < -0.39 is 0 Å². The minimum absolute atomic E-state index is 0.158. The number of unbranched alkanes of at least 4 members (excludes halogenated alkanes) is 2. The van der Waals surface area contributed by atoms with Gasteiger partial charge < -0.3 is 0 Å². The molecule has 0 aliphatic carbocycles. The number of rotatable bonds is 5. The van der Waals surface area contributed by atoms with Crippen LogP contribution in [0.1, 0.15) is 25.7 Å². The van der Waals surface area contributed by atoms with Crippen LogP contribution in [0.2, 0.25) is 5.28 Å². The quantitative estimate of drug-likeness (QED) is 0.347. The summed E-state index contributed by atoms with van der Waals surface area (Å²) in [5.74, 6) is 0. The zero-order valence-electron chi connectivity index (χ0n) is 5.45. The normalized spacial score (nSPS) is 10.4. The van der Waals surface area contributed by atoms with E-state index in [1.807, 2.05) is 0 Å². The Morgan fingerprint density at radius 2 is 1.78 bits per heavy atom. The van der Waals surface area contributed by atoms with Gasteiger partial charge in [0.15, 0.2) is 0 Å². The van der Waals surface area contributed by atoms with Crippen molar-refractivity contribution in [1.29, 1.82) is 0 Å². The zero-order chi connectivity index (χ0) is 7.11. The maximum absolute atomic E-state index is 5.52. The second-order valence-electron chi connectivity index (χ2n) is 2.03. The van der Waals surface area contributed by atoms with Gasteiger partial charge in [0, 0.05) is 0 Å². The Morgan fingerprint density at radius 3 is 2.22 bits per heavy atom. The Balaban J connectivity index is 2.75. The van der Waals surface area contributed by atoms with Gasteiger partial charge in [0.1, 0.15) is 0 Å². The topological polar surface area (TPSA) is 0 Å². The number of halogens is 2. The molecular formula is C6H11AlCl2+. The van der Waals surface area contributed by atoms with Crippen LogP contribution in [0.5, 0.6) is 0 Å². The third-order valence-electron chi connectivity index (χ3n) is 1.13. The number of hydrogen-bond acceptors (Lipinski definition) is 0. The van der Waals surface area contributed by atoms with E-state index in [4.69, 9.17) is 23.2 Å². The van der Waals surface area contributed by atoms with Crippen LogP contribution in [-0.4, -0.2) is 21.1 Å². The molecular weight excluding hydrogens is 170 g/mol. The monoisotopic (exact) mass is 180 g/mol. The van der Waals surface area contributed by atoms with Crippen LogP contribution in [0.15, 0.2) is 0 Å². The third-order valence-corrected chi connectivity index (χ3v) is 1.97. The van der Waals surface area contributed by atoms with Crippen LogP contribution < -0.4 is 0 Å². The van der Waals surface area contributed by atoms with Gasteiger partial charge in [0.2, 0.25) is 0 Å². The molecule has 0 aliphatic heterocycles. The fourth-order valence-corrected chi connectivity index (χ4v) is 1.22. The van der Waals surface area contributed by atoms with Gasteiger partial charge in [-0.2, -0.15) is 0 Å². The van der Waals surface area contributed by atoms with Gasteiger partial charge in [-0.25, -0.2) is 0 Å². The zero-order valence-corrected chi connectivity index (χ0v) is 8.11. The molecule has 0 saturated heterocycles. The van der Waals surface area contributed by atoms with Crippen molar-refractivity contribution in [2.75, 3.05) is 0 Å². The van der Waals surface area contributed by atoms with Crippen molar-refractivity contribution >= 4 is 39.5 Å². The summed E-state index contributed by atoms with van der Waals surface area (Å²) in [5.41, 5.74) is 0. The molecule has 51 valence electrons. The number of hydrogen-bond donors (Lipinski definition) is 0. The average molecular weight is 181 g/mol. The maximum atomic E-state index is 5.52. The van der Waals surface area contributed by atoms with Crippen molar-refractivity contribution in [3.63, 3.8) is 0 Å². The molecule has 0 aromatic carbocycles. The van der Waals surface area contributed by atoms with E-state index in [1.165, 1.54) is 18.1 Å². The molecule has 0 spiro atoms. The van der Waals surface area contributed by atoms with Gasteiger partial charge in [0.05, 0.1) is 0 Å². The Kier molecular flexibility index (Phi) is 8.11. The molecule has 0 amide bonds. The number of alkyl halides is 2. The van der Waals surface area contributed by atoms with Crippen molar-refractivity contribution in [3.8, 4) is 0 Å². The van der Waals surface area contributed by atoms with E-state index >= 15 is 0 Å². The van der Waals surface area contributed by atoms with E-state index in [0.29, 0.717) is 0 Å². The van der Waals surface area contributed by atoms with E-state index in [1.54, 1.807) is 0 Å². The van der Waals surface area contributed by atoms with Crippen molar-refractivity contribution in [1.82, 2.24) is 0 Å². The molecule has 0 nitrogen and oxygen atoms in total. The van der Waals surface area contributed by atoms with Gasteiger partial charge in [-0.1, -0.05) is 0 Å². The molecule has 0 fully saturated rings. The standard InChI is InChI=1S/C6H11Cl2.Al/c1-2-3-4-5-6(7)8;/h6H,1-5H2;/q;+1. The summed E-state index contributed by atoms with van der Waals surface area (Å²) in [6.07, 6.45) is 4.62. The van der Waals surface area contributed by atoms with Gasteiger partial charge in [-0.3, -0.25) is 0 Å². The van der Waals surface area contributed by atoms with Gasteiger partial charge in [-0.05, 0) is 0 Å². The fraction of sp³-hybridized carbons (Fsp3) is 1.00. The summed E-state index contributed by atoms with van der Waals surface area (Å²) in [5, 5.41) is 1.19. The van der Waals surface area contributed by atoms with Crippen molar-refractivity contribution in [2.45, 2.75) is 35.8 Å². The molecule has 0 N–H and O–H groups in total. The molecule has 0 aromatic heterocycles. The minimum atomic E-state index is -0.158. The van der Waals surface area contributed by atoms with E-state index in [-0.39, 0.29) is 4.84 Å². The summed E-state index contributed by atoms with van der Waals surface area (Å²) < 4.78 is 0. The molecule has 0 aromatic rings. The predicted octanol–water partition coefficient (Wildman–Crippen LogP) is 2.94. The van der Waals surface area contributed by atoms with Crippen LogP contribution >= 0.6 is 23.2 Å². The molecule has 0 atom stereocenters.